The predicted molar refractivity (Wildman–Crippen MR) is 40.7 cm³/mol. The molecule has 0 spiro atoms. The lowest BCUT2D eigenvalue weighted by Crippen LogP contribution is -2.27. The average molecular weight is 155 g/mol. The summed E-state index contributed by atoms with van der Waals surface area (Å²) in [5.41, 5.74) is 5.81. The molecule has 0 amide bonds. The van der Waals surface area contributed by atoms with Gasteiger partial charge in [0.25, 0.3) is 0 Å². The van der Waals surface area contributed by atoms with Crippen molar-refractivity contribution in [3.05, 3.63) is 12.2 Å². The first-order valence-corrected chi connectivity index (χ1v) is 3.53. The number of hydrogen-bond acceptors (Lipinski definition) is 4. The molecule has 0 bridgehead atoms. The summed E-state index contributed by atoms with van der Waals surface area (Å²) >= 11 is 0. The number of rotatable bonds is 1. The molecule has 0 aromatic carbocycles. The van der Waals surface area contributed by atoms with Crippen molar-refractivity contribution in [3.8, 4) is 0 Å². The van der Waals surface area contributed by atoms with E-state index in [1.54, 1.807) is 0 Å². The molecule has 0 radical (unpaired) electrons. The molecule has 0 saturated carbocycles. The summed E-state index contributed by atoms with van der Waals surface area (Å²) in [4.78, 5) is 3.88. The summed E-state index contributed by atoms with van der Waals surface area (Å²) in [6.07, 6.45) is 1.29. The highest BCUT2D eigenvalue weighted by atomic mass is 16.5. The van der Waals surface area contributed by atoms with Crippen LogP contribution in [0.2, 0.25) is 0 Å². The lowest BCUT2D eigenvalue weighted by Gasteiger charge is -2.23. The Bertz CT molecular complexity index is 212. The van der Waals surface area contributed by atoms with Crippen molar-refractivity contribution in [2.75, 3.05) is 0 Å². The number of nitrogens with zero attached hydrogens (tertiary/aromatic N) is 2. The van der Waals surface area contributed by atoms with Gasteiger partial charge in [0.2, 0.25) is 6.39 Å². The maximum Gasteiger partial charge on any atom is 0.213 e. The predicted octanol–water partition coefficient (Wildman–Crippen LogP) is 1.12. The second kappa shape index (κ2) is 2.62. The van der Waals surface area contributed by atoms with E-state index in [9.17, 15) is 0 Å². The number of aromatic nitrogens is 2. The first-order valence-electron chi connectivity index (χ1n) is 3.53. The lowest BCUT2D eigenvalue weighted by molar-refractivity contribution is 0.303. The fraction of sp³-hybridized carbons (Fsp3) is 0.714. The number of nitrogens with two attached hydrogens (primary N) is 1. The molecule has 1 aromatic rings. The Kier molecular flexibility index (Phi) is 1.95. The van der Waals surface area contributed by atoms with Crippen LogP contribution in [-0.4, -0.2) is 10.1 Å². The van der Waals surface area contributed by atoms with Gasteiger partial charge in [-0.2, -0.15) is 4.98 Å². The van der Waals surface area contributed by atoms with Crippen molar-refractivity contribution in [3.63, 3.8) is 0 Å². The van der Waals surface area contributed by atoms with Gasteiger partial charge in [-0.25, -0.2) is 0 Å². The fourth-order valence-corrected chi connectivity index (χ4v) is 0.703. The Balaban J connectivity index is 2.78. The highest BCUT2D eigenvalue weighted by Gasteiger charge is 2.25. The highest BCUT2D eigenvalue weighted by Crippen LogP contribution is 2.27. The molecule has 1 rings (SSSR count). The summed E-state index contributed by atoms with van der Waals surface area (Å²) < 4.78 is 4.59. The normalized spacial score (nSPS) is 14.9. The van der Waals surface area contributed by atoms with Gasteiger partial charge >= 0.3 is 0 Å². The van der Waals surface area contributed by atoms with Crippen LogP contribution in [0.15, 0.2) is 10.9 Å². The van der Waals surface area contributed by atoms with Crippen molar-refractivity contribution in [2.24, 2.45) is 11.1 Å². The van der Waals surface area contributed by atoms with Gasteiger partial charge in [-0.15, -0.1) is 0 Å². The molecule has 0 aliphatic heterocycles. The van der Waals surface area contributed by atoms with E-state index in [0.717, 1.165) is 0 Å². The van der Waals surface area contributed by atoms with Crippen LogP contribution in [0.1, 0.15) is 32.6 Å². The summed E-state index contributed by atoms with van der Waals surface area (Å²) in [5, 5.41) is 3.67. The highest BCUT2D eigenvalue weighted by molar-refractivity contribution is 4.94. The van der Waals surface area contributed by atoms with E-state index in [0.29, 0.717) is 5.82 Å². The molecule has 0 aliphatic rings. The quantitative estimate of drug-likeness (QED) is 0.659. The molecule has 62 valence electrons. The molecule has 0 aliphatic carbocycles. The zero-order valence-corrected chi connectivity index (χ0v) is 7.03. The van der Waals surface area contributed by atoms with Crippen LogP contribution in [0, 0.1) is 5.41 Å². The van der Waals surface area contributed by atoms with Gasteiger partial charge in [0.15, 0.2) is 5.82 Å². The van der Waals surface area contributed by atoms with Gasteiger partial charge in [-0.05, 0) is 5.41 Å². The van der Waals surface area contributed by atoms with Crippen molar-refractivity contribution in [1.82, 2.24) is 10.1 Å². The third-order valence-electron chi connectivity index (χ3n) is 1.59. The Morgan fingerprint density at radius 3 is 2.55 bits per heavy atom. The molecule has 1 atom stereocenters. The van der Waals surface area contributed by atoms with Crippen molar-refractivity contribution < 1.29 is 4.52 Å². The molecular weight excluding hydrogens is 142 g/mol. The van der Waals surface area contributed by atoms with Crippen LogP contribution in [0.3, 0.4) is 0 Å². The molecule has 0 saturated heterocycles. The third-order valence-corrected chi connectivity index (χ3v) is 1.59. The minimum Gasteiger partial charge on any atom is -0.343 e. The van der Waals surface area contributed by atoms with Gasteiger partial charge < -0.3 is 10.3 Å². The second-order valence-corrected chi connectivity index (χ2v) is 3.63. The lowest BCUT2D eigenvalue weighted by atomic mass is 9.87. The van der Waals surface area contributed by atoms with Gasteiger partial charge in [0.1, 0.15) is 0 Å². The summed E-state index contributed by atoms with van der Waals surface area (Å²) in [5.74, 6) is 0.567. The standard InChI is InChI=1S/C7H13N3O/c1-7(2,3)5(8)6-9-4-11-10-6/h4-5H,8H2,1-3H3. The van der Waals surface area contributed by atoms with Gasteiger partial charge in [0, 0.05) is 0 Å². The van der Waals surface area contributed by atoms with Crippen LogP contribution < -0.4 is 5.73 Å². The van der Waals surface area contributed by atoms with Crippen LogP contribution in [-0.2, 0) is 0 Å². The second-order valence-electron chi connectivity index (χ2n) is 3.63. The van der Waals surface area contributed by atoms with Crippen molar-refractivity contribution in [2.45, 2.75) is 26.8 Å². The van der Waals surface area contributed by atoms with Crippen LogP contribution >= 0.6 is 0 Å². The van der Waals surface area contributed by atoms with Crippen LogP contribution in [0.5, 0.6) is 0 Å². The maximum absolute atomic E-state index is 5.83. The third kappa shape index (κ3) is 1.77. The molecule has 1 aromatic heterocycles. The first-order chi connectivity index (χ1) is 5.02. The van der Waals surface area contributed by atoms with Crippen molar-refractivity contribution in [1.29, 1.82) is 0 Å². The Morgan fingerprint density at radius 2 is 2.18 bits per heavy atom. The molecule has 11 heavy (non-hydrogen) atoms. The molecule has 0 fully saturated rings. The topological polar surface area (TPSA) is 64.9 Å². The summed E-state index contributed by atoms with van der Waals surface area (Å²) in [6.45, 7) is 6.11. The van der Waals surface area contributed by atoms with E-state index in [2.05, 4.69) is 14.7 Å². The largest absolute Gasteiger partial charge is 0.343 e. The van der Waals surface area contributed by atoms with Crippen molar-refractivity contribution >= 4 is 0 Å². The zero-order valence-electron chi connectivity index (χ0n) is 7.03. The Morgan fingerprint density at radius 1 is 1.55 bits per heavy atom. The zero-order chi connectivity index (χ0) is 8.48. The van der Waals surface area contributed by atoms with E-state index < -0.39 is 0 Å². The van der Waals surface area contributed by atoms with E-state index in [1.807, 2.05) is 20.8 Å². The SMILES string of the molecule is CC(C)(C)C(N)c1ncon1. The minimum absolute atomic E-state index is 0.0239. The van der Waals surface area contributed by atoms with Crippen LogP contribution in [0.4, 0.5) is 0 Å². The van der Waals surface area contributed by atoms with Crippen LogP contribution in [0.25, 0.3) is 0 Å². The molecule has 1 unspecified atom stereocenters. The maximum atomic E-state index is 5.83. The Labute approximate surface area is 65.8 Å². The molecular formula is C7H13N3O. The smallest absolute Gasteiger partial charge is 0.213 e. The van der Waals surface area contributed by atoms with E-state index in [4.69, 9.17) is 5.73 Å². The molecule has 2 N–H and O–H groups in total. The number of hydrogen-bond donors (Lipinski definition) is 1. The fourth-order valence-electron chi connectivity index (χ4n) is 0.703. The Hall–Kier alpha value is -0.900. The molecule has 1 heterocycles. The summed E-state index contributed by atoms with van der Waals surface area (Å²) in [6, 6.07) is -0.166. The summed E-state index contributed by atoms with van der Waals surface area (Å²) in [7, 11) is 0. The van der Waals surface area contributed by atoms with E-state index in [1.165, 1.54) is 6.39 Å². The van der Waals surface area contributed by atoms with E-state index in [-0.39, 0.29) is 11.5 Å². The average Bonchev–Trinajstić information content (AvgIpc) is 2.34. The van der Waals surface area contributed by atoms with E-state index >= 15 is 0 Å². The van der Waals surface area contributed by atoms with Gasteiger partial charge in [0.05, 0.1) is 6.04 Å². The monoisotopic (exact) mass is 155 g/mol. The van der Waals surface area contributed by atoms with Gasteiger partial charge in [-0.1, -0.05) is 25.9 Å². The first kappa shape index (κ1) is 8.20. The molecule has 4 heteroatoms. The molecule has 4 nitrogen and oxygen atoms in total. The minimum atomic E-state index is -0.166. The van der Waals surface area contributed by atoms with Gasteiger partial charge in [-0.3, -0.25) is 0 Å².